The van der Waals surface area contributed by atoms with Crippen molar-refractivity contribution in [1.29, 1.82) is 0 Å². The second-order valence-electron chi connectivity index (χ2n) is 4.82. The Morgan fingerprint density at radius 1 is 0.895 bits per heavy atom. The van der Waals surface area contributed by atoms with Gasteiger partial charge in [0.2, 0.25) is 0 Å². The van der Waals surface area contributed by atoms with Gasteiger partial charge in [-0.25, -0.2) is 4.39 Å². The fraction of sp³-hybridized carbons (Fsp3) is 0.167. The van der Waals surface area contributed by atoms with Gasteiger partial charge in [0.1, 0.15) is 5.82 Å². The summed E-state index contributed by atoms with van der Waals surface area (Å²) in [6.07, 6.45) is 3.84. The lowest BCUT2D eigenvalue weighted by Gasteiger charge is -2.05. The van der Waals surface area contributed by atoms with Gasteiger partial charge in [-0.1, -0.05) is 29.8 Å². The van der Waals surface area contributed by atoms with Crippen LogP contribution in [0, 0.1) is 26.6 Å². The van der Waals surface area contributed by atoms with Gasteiger partial charge >= 0.3 is 0 Å². The first-order valence-electron chi connectivity index (χ1n) is 6.32. The summed E-state index contributed by atoms with van der Waals surface area (Å²) in [7, 11) is 0. The lowest BCUT2D eigenvalue weighted by atomic mass is 10.00. The maximum atomic E-state index is 12.8. The van der Waals surface area contributed by atoms with E-state index in [1.165, 1.54) is 34.4 Å². The van der Waals surface area contributed by atoms with E-state index in [2.05, 4.69) is 38.6 Å². The molecule has 2 aromatic carbocycles. The standard InChI is InChI=1S/C18H17F/c1-13-11-14(2)18(15(3)12-13)6-4-5-16-7-9-17(19)10-8-16/h5-12H,1-3H3. The zero-order valence-corrected chi connectivity index (χ0v) is 11.5. The molecule has 0 aromatic heterocycles. The third-order valence-corrected chi connectivity index (χ3v) is 3.09. The van der Waals surface area contributed by atoms with Crippen molar-refractivity contribution in [3.8, 4) is 0 Å². The van der Waals surface area contributed by atoms with Gasteiger partial charge in [0.25, 0.3) is 0 Å². The highest BCUT2D eigenvalue weighted by molar-refractivity contribution is 5.62. The van der Waals surface area contributed by atoms with E-state index in [-0.39, 0.29) is 5.82 Å². The molecule has 0 saturated carbocycles. The predicted molar refractivity (Wildman–Crippen MR) is 79.5 cm³/mol. The van der Waals surface area contributed by atoms with Gasteiger partial charge in [-0.3, -0.25) is 0 Å². The lowest BCUT2D eigenvalue weighted by Crippen LogP contribution is -1.87. The zero-order chi connectivity index (χ0) is 13.8. The molecule has 1 heteroatoms. The molecule has 0 radical (unpaired) electrons. The van der Waals surface area contributed by atoms with Crippen LogP contribution in [0.1, 0.15) is 27.8 Å². The van der Waals surface area contributed by atoms with Crippen molar-refractivity contribution in [3.63, 3.8) is 0 Å². The molecule has 0 spiro atoms. The van der Waals surface area contributed by atoms with Gasteiger partial charge in [-0.2, -0.15) is 0 Å². The number of hydrogen-bond acceptors (Lipinski definition) is 0. The van der Waals surface area contributed by atoms with Gasteiger partial charge in [0.15, 0.2) is 0 Å². The molecule has 0 nitrogen and oxygen atoms in total. The average Bonchev–Trinajstić information content (AvgIpc) is 2.34. The maximum absolute atomic E-state index is 12.8. The summed E-state index contributed by atoms with van der Waals surface area (Å²) in [6.45, 7) is 6.30. The van der Waals surface area contributed by atoms with E-state index in [1.54, 1.807) is 12.1 Å². The summed E-state index contributed by atoms with van der Waals surface area (Å²) in [6, 6.07) is 10.7. The van der Waals surface area contributed by atoms with Crippen LogP contribution >= 0.6 is 0 Å². The normalized spacial score (nSPS) is 9.89. The molecule has 0 saturated heterocycles. The van der Waals surface area contributed by atoms with Crippen molar-refractivity contribution in [2.24, 2.45) is 0 Å². The fourth-order valence-corrected chi connectivity index (χ4v) is 2.20. The Kier molecular flexibility index (Phi) is 3.99. The van der Waals surface area contributed by atoms with Crippen molar-refractivity contribution in [1.82, 2.24) is 0 Å². The van der Waals surface area contributed by atoms with Crippen molar-refractivity contribution in [2.45, 2.75) is 20.8 Å². The third-order valence-electron chi connectivity index (χ3n) is 3.09. The molecule has 0 atom stereocenters. The number of rotatable bonds is 2. The fourth-order valence-electron chi connectivity index (χ4n) is 2.20. The monoisotopic (exact) mass is 252 g/mol. The molecule has 0 amide bonds. The first kappa shape index (κ1) is 13.3. The van der Waals surface area contributed by atoms with Gasteiger partial charge in [-0.15, -0.1) is 5.73 Å². The molecule has 0 aliphatic carbocycles. The first-order chi connectivity index (χ1) is 9.06. The van der Waals surface area contributed by atoms with Crippen LogP contribution in [-0.4, -0.2) is 0 Å². The summed E-state index contributed by atoms with van der Waals surface area (Å²) in [5.41, 5.74) is 9.08. The van der Waals surface area contributed by atoms with Crippen molar-refractivity contribution in [3.05, 3.63) is 75.8 Å². The molecule has 2 rings (SSSR count). The average molecular weight is 252 g/mol. The molecule has 0 unspecified atom stereocenters. The summed E-state index contributed by atoms with van der Waals surface area (Å²) < 4.78 is 12.8. The third kappa shape index (κ3) is 3.43. The van der Waals surface area contributed by atoms with Crippen LogP contribution in [0.2, 0.25) is 0 Å². The quantitative estimate of drug-likeness (QED) is 0.654. The minimum Gasteiger partial charge on any atom is -0.207 e. The largest absolute Gasteiger partial charge is 0.207 e. The molecule has 0 N–H and O–H groups in total. The molecular formula is C18H17F. The number of halogens is 1. The minimum atomic E-state index is -0.216. The Morgan fingerprint density at radius 3 is 2.05 bits per heavy atom. The van der Waals surface area contributed by atoms with Gasteiger partial charge < -0.3 is 0 Å². The van der Waals surface area contributed by atoms with Crippen molar-refractivity contribution < 1.29 is 4.39 Å². The van der Waals surface area contributed by atoms with E-state index in [9.17, 15) is 4.39 Å². The Labute approximate surface area is 113 Å². The molecule has 0 aliphatic rings. The first-order valence-corrected chi connectivity index (χ1v) is 6.32. The van der Waals surface area contributed by atoms with Gasteiger partial charge in [0, 0.05) is 0 Å². The van der Waals surface area contributed by atoms with E-state index in [4.69, 9.17) is 0 Å². The van der Waals surface area contributed by atoms with Crippen LogP contribution in [0.3, 0.4) is 0 Å². The number of aryl methyl sites for hydroxylation is 3. The molecule has 96 valence electrons. The van der Waals surface area contributed by atoms with Crippen LogP contribution in [0.4, 0.5) is 4.39 Å². The predicted octanol–water partition coefficient (Wildman–Crippen LogP) is 5.08. The Bertz CT molecular complexity index is 619. The molecule has 2 aromatic rings. The lowest BCUT2D eigenvalue weighted by molar-refractivity contribution is 0.628. The minimum absolute atomic E-state index is 0.216. The van der Waals surface area contributed by atoms with Gasteiger partial charge in [0.05, 0.1) is 0 Å². The molecule has 0 fully saturated rings. The highest BCUT2D eigenvalue weighted by Gasteiger charge is 1.99. The van der Waals surface area contributed by atoms with Crippen LogP contribution < -0.4 is 0 Å². The molecule has 0 aliphatic heterocycles. The highest BCUT2D eigenvalue weighted by Crippen LogP contribution is 2.17. The summed E-state index contributed by atoms with van der Waals surface area (Å²) in [5, 5.41) is 0. The topological polar surface area (TPSA) is 0 Å². The molecule has 0 bridgehead atoms. The van der Waals surface area contributed by atoms with Crippen LogP contribution in [-0.2, 0) is 0 Å². The highest BCUT2D eigenvalue weighted by atomic mass is 19.1. The summed E-state index contributed by atoms with van der Waals surface area (Å²) in [4.78, 5) is 0. The number of hydrogen-bond donors (Lipinski definition) is 0. The molecule has 19 heavy (non-hydrogen) atoms. The van der Waals surface area contributed by atoms with E-state index in [0.29, 0.717) is 0 Å². The Morgan fingerprint density at radius 2 is 1.47 bits per heavy atom. The van der Waals surface area contributed by atoms with Gasteiger partial charge in [-0.05, 0) is 67.3 Å². The van der Waals surface area contributed by atoms with Crippen LogP contribution in [0.5, 0.6) is 0 Å². The summed E-state index contributed by atoms with van der Waals surface area (Å²) >= 11 is 0. The molecule has 0 heterocycles. The van der Waals surface area contributed by atoms with Crippen LogP contribution in [0.25, 0.3) is 12.2 Å². The second kappa shape index (κ2) is 5.69. The Hall–Kier alpha value is -2.11. The van der Waals surface area contributed by atoms with E-state index >= 15 is 0 Å². The summed E-state index contributed by atoms with van der Waals surface area (Å²) in [5.74, 6) is -0.216. The smallest absolute Gasteiger partial charge is 0.123 e. The SMILES string of the molecule is Cc1cc(C)c(C=C=Cc2ccc(F)cc2)c(C)c1. The van der Waals surface area contributed by atoms with E-state index < -0.39 is 0 Å². The molecular weight excluding hydrogens is 235 g/mol. The van der Waals surface area contributed by atoms with Crippen molar-refractivity contribution >= 4 is 12.2 Å². The Balaban J connectivity index is 2.30. The number of benzene rings is 2. The maximum Gasteiger partial charge on any atom is 0.123 e. The zero-order valence-electron chi connectivity index (χ0n) is 11.5. The van der Waals surface area contributed by atoms with Crippen LogP contribution in [0.15, 0.2) is 42.1 Å². The van der Waals surface area contributed by atoms with Crippen molar-refractivity contribution in [2.75, 3.05) is 0 Å². The van der Waals surface area contributed by atoms with E-state index in [1.807, 2.05) is 12.2 Å². The second-order valence-corrected chi connectivity index (χ2v) is 4.82. The van der Waals surface area contributed by atoms with E-state index in [0.717, 1.165) is 5.56 Å².